The van der Waals surface area contributed by atoms with E-state index >= 15 is 0 Å². The number of aryl methyl sites for hydroxylation is 1. The zero-order valence-electron chi connectivity index (χ0n) is 14.8. The van der Waals surface area contributed by atoms with Crippen LogP contribution < -0.4 is 14.8 Å². The fourth-order valence-electron chi connectivity index (χ4n) is 2.45. The zero-order chi connectivity index (χ0) is 18.5. The smallest absolute Gasteiger partial charge is 0.216 e. The predicted octanol–water partition coefficient (Wildman–Crippen LogP) is 4.83. The summed E-state index contributed by atoms with van der Waals surface area (Å²) in [6, 6.07) is 14.6. The summed E-state index contributed by atoms with van der Waals surface area (Å²) in [6.45, 7) is 3.85. The molecule has 132 valence electrons. The quantitative estimate of drug-likeness (QED) is 0.686. The molecule has 0 radical (unpaired) electrons. The van der Waals surface area contributed by atoms with E-state index in [9.17, 15) is 0 Å². The number of anilines is 1. The number of aromatic nitrogens is 1. The normalized spacial score (nSPS) is 11.5. The van der Waals surface area contributed by atoms with Gasteiger partial charge in [-0.25, -0.2) is 4.98 Å². The number of hydrogen-bond acceptors (Lipinski definition) is 6. The van der Waals surface area contributed by atoms with Crippen molar-refractivity contribution in [1.82, 2.24) is 4.98 Å². The molecule has 2 aromatic carbocycles. The topological polar surface area (TPSA) is 80.3 Å². The lowest BCUT2D eigenvalue weighted by molar-refractivity contribution is 0.378. The number of ether oxygens (including phenoxy) is 2. The molecule has 0 aliphatic heterocycles. The van der Waals surface area contributed by atoms with Crippen LogP contribution >= 0.6 is 0 Å². The van der Waals surface area contributed by atoms with Crippen molar-refractivity contribution >= 4 is 5.69 Å². The largest absolute Gasteiger partial charge is 0.493 e. The molecule has 1 heterocycles. The minimum absolute atomic E-state index is 0.0471. The van der Waals surface area contributed by atoms with Crippen LogP contribution in [0.25, 0.3) is 0 Å². The molecular formula is C20H19N3O3. The highest BCUT2D eigenvalue weighted by atomic mass is 16.5. The lowest BCUT2D eigenvalue weighted by atomic mass is 10.2. The highest BCUT2D eigenvalue weighted by Gasteiger charge is 2.11. The first-order chi connectivity index (χ1) is 12.6. The Morgan fingerprint density at radius 1 is 1.15 bits per heavy atom. The molecule has 1 unspecified atom stereocenters. The standard InChI is InChI=1S/C20H19N3O3/c1-13-12-22-20(25-13)14(2)23-16-5-7-17(8-6-16)26-18-9-4-15(11-21)10-19(18)24-3/h4-10,12,14,23H,1-3H3. The third-order valence-electron chi connectivity index (χ3n) is 3.77. The summed E-state index contributed by atoms with van der Waals surface area (Å²) in [6.07, 6.45) is 1.70. The highest BCUT2D eigenvalue weighted by Crippen LogP contribution is 2.33. The van der Waals surface area contributed by atoms with Crippen molar-refractivity contribution in [2.45, 2.75) is 19.9 Å². The monoisotopic (exact) mass is 349 g/mol. The molecule has 0 spiro atoms. The number of nitrogens with one attached hydrogen (secondary N) is 1. The van der Waals surface area contributed by atoms with Crippen molar-refractivity contribution in [2.75, 3.05) is 12.4 Å². The number of methoxy groups -OCH3 is 1. The van der Waals surface area contributed by atoms with Crippen molar-refractivity contribution in [3.63, 3.8) is 0 Å². The first-order valence-electron chi connectivity index (χ1n) is 8.14. The molecule has 0 bridgehead atoms. The molecule has 0 fully saturated rings. The summed E-state index contributed by atoms with van der Waals surface area (Å²) in [5.41, 5.74) is 1.44. The van der Waals surface area contributed by atoms with Crippen molar-refractivity contribution in [2.24, 2.45) is 0 Å². The number of nitrogens with zero attached hydrogens (tertiary/aromatic N) is 2. The molecule has 6 heteroatoms. The van der Waals surface area contributed by atoms with Crippen LogP contribution in [0.4, 0.5) is 5.69 Å². The Hall–Kier alpha value is -3.46. The van der Waals surface area contributed by atoms with E-state index in [1.54, 1.807) is 31.5 Å². The van der Waals surface area contributed by atoms with Crippen LogP contribution in [-0.4, -0.2) is 12.1 Å². The average molecular weight is 349 g/mol. The van der Waals surface area contributed by atoms with Crippen molar-refractivity contribution < 1.29 is 13.9 Å². The molecule has 0 aliphatic carbocycles. The Bertz CT molecular complexity index is 926. The van der Waals surface area contributed by atoms with Gasteiger partial charge in [0.05, 0.1) is 24.9 Å². The molecular weight excluding hydrogens is 330 g/mol. The van der Waals surface area contributed by atoms with E-state index in [1.165, 1.54) is 0 Å². The van der Waals surface area contributed by atoms with E-state index in [-0.39, 0.29) is 6.04 Å². The number of oxazole rings is 1. The summed E-state index contributed by atoms with van der Waals surface area (Å²) in [5, 5.41) is 12.3. The molecule has 1 N–H and O–H groups in total. The fraction of sp³-hybridized carbons (Fsp3) is 0.200. The number of rotatable bonds is 6. The summed E-state index contributed by atoms with van der Waals surface area (Å²) >= 11 is 0. The Kier molecular flexibility index (Phi) is 5.09. The van der Waals surface area contributed by atoms with Gasteiger partial charge in [0.25, 0.3) is 0 Å². The van der Waals surface area contributed by atoms with Gasteiger partial charge in [0, 0.05) is 11.8 Å². The zero-order valence-corrected chi connectivity index (χ0v) is 14.8. The van der Waals surface area contributed by atoms with Gasteiger partial charge in [-0.1, -0.05) is 0 Å². The molecule has 0 saturated heterocycles. The molecule has 0 aliphatic rings. The molecule has 6 nitrogen and oxygen atoms in total. The van der Waals surface area contributed by atoms with E-state index in [4.69, 9.17) is 19.2 Å². The third-order valence-corrected chi connectivity index (χ3v) is 3.77. The summed E-state index contributed by atoms with van der Waals surface area (Å²) in [4.78, 5) is 4.23. The Morgan fingerprint density at radius 2 is 1.92 bits per heavy atom. The highest BCUT2D eigenvalue weighted by molar-refractivity contribution is 5.51. The average Bonchev–Trinajstić information content (AvgIpc) is 3.10. The van der Waals surface area contributed by atoms with Gasteiger partial charge in [-0.15, -0.1) is 0 Å². The minimum Gasteiger partial charge on any atom is -0.493 e. The summed E-state index contributed by atoms with van der Waals surface area (Å²) in [5.74, 6) is 3.16. The molecule has 1 atom stereocenters. The first-order valence-corrected chi connectivity index (χ1v) is 8.14. The molecule has 0 saturated carbocycles. The predicted molar refractivity (Wildman–Crippen MR) is 97.5 cm³/mol. The first kappa shape index (κ1) is 17.4. The molecule has 3 rings (SSSR count). The van der Waals surface area contributed by atoms with E-state index < -0.39 is 0 Å². The van der Waals surface area contributed by atoms with Crippen LogP contribution in [0, 0.1) is 18.3 Å². The van der Waals surface area contributed by atoms with Gasteiger partial charge >= 0.3 is 0 Å². The van der Waals surface area contributed by atoms with E-state index in [1.807, 2.05) is 38.1 Å². The van der Waals surface area contributed by atoms with Crippen LogP contribution in [0.2, 0.25) is 0 Å². The molecule has 0 amide bonds. The Labute approximate surface area is 152 Å². The van der Waals surface area contributed by atoms with Gasteiger partial charge in [0.1, 0.15) is 17.6 Å². The van der Waals surface area contributed by atoms with Gasteiger partial charge in [-0.3, -0.25) is 0 Å². The summed E-state index contributed by atoms with van der Waals surface area (Å²) in [7, 11) is 1.54. The summed E-state index contributed by atoms with van der Waals surface area (Å²) < 4.78 is 16.7. The lowest BCUT2D eigenvalue weighted by Gasteiger charge is -2.13. The van der Waals surface area contributed by atoms with Crippen molar-refractivity contribution in [1.29, 1.82) is 5.26 Å². The maximum Gasteiger partial charge on any atom is 0.216 e. The second-order valence-corrected chi connectivity index (χ2v) is 5.78. The van der Waals surface area contributed by atoms with Crippen LogP contribution in [0.1, 0.15) is 30.2 Å². The minimum atomic E-state index is -0.0471. The number of benzene rings is 2. The van der Waals surface area contributed by atoms with E-state index in [0.29, 0.717) is 28.7 Å². The lowest BCUT2D eigenvalue weighted by Crippen LogP contribution is -2.06. The third kappa shape index (κ3) is 3.95. The molecule has 3 aromatic rings. The molecule has 1 aromatic heterocycles. The van der Waals surface area contributed by atoms with Crippen molar-refractivity contribution in [3.8, 4) is 23.3 Å². The van der Waals surface area contributed by atoms with Gasteiger partial charge in [-0.2, -0.15) is 5.26 Å². The van der Waals surface area contributed by atoms with Crippen LogP contribution in [0.5, 0.6) is 17.2 Å². The van der Waals surface area contributed by atoms with Crippen molar-refractivity contribution in [3.05, 3.63) is 65.9 Å². The Balaban J connectivity index is 1.69. The van der Waals surface area contributed by atoms with Crippen LogP contribution in [-0.2, 0) is 0 Å². The Morgan fingerprint density at radius 3 is 2.54 bits per heavy atom. The second-order valence-electron chi connectivity index (χ2n) is 5.78. The van der Waals surface area contributed by atoms with Gasteiger partial charge in [-0.05, 0) is 50.2 Å². The van der Waals surface area contributed by atoms with Gasteiger partial charge < -0.3 is 19.2 Å². The van der Waals surface area contributed by atoms with Crippen LogP contribution in [0.3, 0.4) is 0 Å². The second kappa shape index (κ2) is 7.62. The maximum absolute atomic E-state index is 8.96. The van der Waals surface area contributed by atoms with E-state index in [2.05, 4.69) is 16.4 Å². The van der Waals surface area contributed by atoms with Crippen LogP contribution in [0.15, 0.2) is 53.1 Å². The maximum atomic E-state index is 8.96. The SMILES string of the molecule is COc1cc(C#N)ccc1Oc1ccc(NC(C)c2ncc(C)o2)cc1. The number of hydrogen-bond donors (Lipinski definition) is 1. The fourth-order valence-corrected chi connectivity index (χ4v) is 2.45. The molecule has 26 heavy (non-hydrogen) atoms. The number of nitriles is 1. The van der Waals surface area contributed by atoms with E-state index in [0.717, 1.165) is 11.4 Å². The van der Waals surface area contributed by atoms with Gasteiger partial charge in [0.15, 0.2) is 11.5 Å². The van der Waals surface area contributed by atoms with Gasteiger partial charge in [0.2, 0.25) is 5.89 Å².